The number of esters is 1. The van der Waals surface area contributed by atoms with Crippen molar-refractivity contribution in [2.45, 2.75) is 20.0 Å². The SMILES string of the molecule is Cc1c(C(=O)OC(C)C(=O)c2ccc3c(c2)NC(=O)CO3)sc2ccccc12. The van der Waals surface area contributed by atoms with Crippen LogP contribution >= 0.6 is 11.3 Å². The number of hydrogen-bond donors (Lipinski definition) is 1. The van der Waals surface area contributed by atoms with Gasteiger partial charge in [-0.05, 0) is 49.1 Å². The van der Waals surface area contributed by atoms with Crippen molar-refractivity contribution >= 4 is 44.8 Å². The molecule has 2 aromatic carbocycles. The number of nitrogens with one attached hydrogen (secondary N) is 1. The van der Waals surface area contributed by atoms with Crippen LogP contribution in [0.3, 0.4) is 0 Å². The Labute approximate surface area is 165 Å². The van der Waals surface area contributed by atoms with Crippen molar-refractivity contribution in [3.63, 3.8) is 0 Å². The maximum Gasteiger partial charge on any atom is 0.349 e. The first-order chi connectivity index (χ1) is 13.4. The monoisotopic (exact) mass is 395 g/mol. The zero-order valence-electron chi connectivity index (χ0n) is 15.3. The minimum absolute atomic E-state index is 0.0528. The van der Waals surface area contributed by atoms with E-state index in [0.717, 1.165) is 15.6 Å². The van der Waals surface area contributed by atoms with Gasteiger partial charge in [-0.3, -0.25) is 9.59 Å². The molecular formula is C21H17NO5S. The number of carbonyl (C=O) groups excluding carboxylic acids is 3. The quantitative estimate of drug-likeness (QED) is 0.534. The highest BCUT2D eigenvalue weighted by Gasteiger charge is 2.25. The first kappa shape index (κ1) is 18.2. The van der Waals surface area contributed by atoms with E-state index >= 15 is 0 Å². The van der Waals surface area contributed by atoms with Gasteiger partial charge in [-0.25, -0.2) is 4.79 Å². The third-order valence-electron chi connectivity index (χ3n) is 4.58. The lowest BCUT2D eigenvalue weighted by atomic mass is 10.1. The van der Waals surface area contributed by atoms with E-state index in [1.54, 1.807) is 12.1 Å². The number of aryl methyl sites for hydroxylation is 1. The standard InChI is InChI=1S/C21H17NO5S/c1-11-14-5-3-4-6-17(14)28-20(11)21(25)27-12(2)19(24)13-7-8-16-15(9-13)22-18(23)10-26-16/h3-9,12H,10H2,1-2H3,(H,22,23). The van der Waals surface area contributed by atoms with E-state index in [0.29, 0.717) is 21.9 Å². The predicted octanol–water partition coefficient (Wildman–Crippen LogP) is 3.97. The number of amides is 1. The van der Waals surface area contributed by atoms with Crippen molar-refractivity contribution in [3.05, 3.63) is 58.5 Å². The molecule has 3 aromatic rings. The Morgan fingerprint density at radius 2 is 2.00 bits per heavy atom. The Kier molecular flexibility index (Phi) is 4.60. The molecule has 0 saturated carbocycles. The summed E-state index contributed by atoms with van der Waals surface area (Å²) in [6.45, 7) is 3.36. The van der Waals surface area contributed by atoms with Gasteiger partial charge in [-0.1, -0.05) is 18.2 Å². The van der Waals surface area contributed by atoms with Gasteiger partial charge in [-0.2, -0.15) is 0 Å². The molecule has 1 aromatic heterocycles. The van der Waals surface area contributed by atoms with Crippen LogP contribution in [-0.4, -0.2) is 30.4 Å². The number of rotatable bonds is 4. The summed E-state index contributed by atoms with van der Waals surface area (Å²) >= 11 is 1.35. The molecule has 6 nitrogen and oxygen atoms in total. The van der Waals surface area contributed by atoms with E-state index < -0.39 is 12.1 Å². The van der Waals surface area contributed by atoms with Crippen LogP contribution in [0.2, 0.25) is 0 Å². The van der Waals surface area contributed by atoms with Crippen LogP contribution < -0.4 is 10.1 Å². The summed E-state index contributed by atoms with van der Waals surface area (Å²) in [6, 6.07) is 12.5. The highest BCUT2D eigenvalue weighted by molar-refractivity contribution is 7.21. The molecule has 1 unspecified atom stereocenters. The third-order valence-corrected chi connectivity index (χ3v) is 5.83. The van der Waals surface area contributed by atoms with E-state index in [1.807, 2.05) is 31.2 Å². The third kappa shape index (κ3) is 3.25. The number of thiophene rings is 1. The van der Waals surface area contributed by atoms with E-state index in [1.165, 1.54) is 24.3 Å². The molecule has 142 valence electrons. The largest absolute Gasteiger partial charge is 0.482 e. The fourth-order valence-corrected chi connectivity index (χ4v) is 4.20. The second kappa shape index (κ2) is 7.09. The fraction of sp³-hybridized carbons (Fsp3) is 0.190. The fourth-order valence-electron chi connectivity index (χ4n) is 3.11. The minimum atomic E-state index is -0.963. The molecule has 7 heteroatoms. The molecule has 0 saturated heterocycles. The highest BCUT2D eigenvalue weighted by atomic mass is 32.1. The molecule has 1 amide bonds. The zero-order chi connectivity index (χ0) is 19.8. The molecular weight excluding hydrogens is 378 g/mol. The van der Waals surface area contributed by atoms with Crippen LogP contribution in [0.1, 0.15) is 32.5 Å². The Hall–Kier alpha value is -3.19. The molecule has 0 bridgehead atoms. The normalized spacial score (nSPS) is 14.0. The van der Waals surface area contributed by atoms with Gasteiger partial charge in [-0.15, -0.1) is 11.3 Å². The minimum Gasteiger partial charge on any atom is -0.482 e. The van der Waals surface area contributed by atoms with Crippen molar-refractivity contribution in [2.24, 2.45) is 0 Å². The molecule has 1 N–H and O–H groups in total. The average molecular weight is 395 g/mol. The van der Waals surface area contributed by atoms with Gasteiger partial charge in [0.05, 0.1) is 5.69 Å². The summed E-state index contributed by atoms with van der Waals surface area (Å²) in [6.07, 6.45) is -0.963. The van der Waals surface area contributed by atoms with Crippen LogP contribution in [-0.2, 0) is 9.53 Å². The molecule has 28 heavy (non-hydrogen) atoms. The lowest BCUT2D eigenvalue weighted by Gasteiger charge is -2.19. The van der Waals surface area contributed by atoms with Gasteiger partial charge in [0, 0.05) is 10.3 Å². The summed E-state index contributed by atoms with van der Waals surface area (Å²) in [7, 11) is 0. The van der Waals surface area contributed by atoms with Crippen molar-refractivity contribution < 1.29 is 23.9 Å². The number of Topliss-reactive ketones (excluding diaryl/α,β-unsaturated/α-hetero) is 1. The summed E-state index contributed by atoms with van der Waals surface area (Å²) in [5, 5.41) is 3.66. The van der Waals surface area contributed by atoms with E-state index in [9.17, 15) is 14.4 Å². The smallest absolute Gasteiger partial charge is 0.349 e. The van der Waals surface area contributed by atoms with Crippen molar-refractivity contribution in [3.8, 4) is 5.75 Å². The molecule has 1 aliphatic rings. The number of anilines is 1. The molecule has 0 aliphatic carbocycles. The Morgan fingerprint density at radius 1 is 1.21 bits per heavy atom. The molecule has 0 spiro atoms. The molecule has 0 fully saturated rings. The van der Waals surface area contributed by atoms with Gasteiger partial charge in [0.15, 0.2) is 12.7 Å². The summed E-state index contributed by atoms with van der Waals surface area (Å²) < 4.78 is 11.7. The zero-order valence-corrected chi connectivity index (χ0v) is 16.1. The number of hydrogen-bond acceptors (Lipinski definition) is 6. The number of fused-ring (bicyclic) bond motifs is 2. The maximum absolute atomic E-state index is 12.7. The molecule has 1 atom stereocenters. The van der Waals surface area contributed by atoms with Gasteiger partial charge in [0.1, 0.15) is 10.6 Å². The van der Waals surface area contributed by atoms with E-state index in [2.05, 4.69) is 5.32 Å². The first-order valence-corrected chi connectivity index (χ1v) is 9.55. The van der Waals surface area contributed by atoms with E-state index in [-0.39, 0.29) is 18.3 Å². The van der Waals surface area contributed by atoms with Crippen LogP contribution in [0.15, 0.2) is 42.5 Å². The second-order valence-electron chi connectivity index (χ2n) is 6.51. The molecule has 2 heterocycles. The number of ketones is 1. The Morgan fingerprint density at radius 3 is 2.79 bits per heavy atom. The molecule has 4 rings (SSSR count). The molecule has 0 radical (unpaired) electrons. The van der Waals surface area contributed by atoms with Gasteiger partial charge in [0.25, 0.3) is 5.91 Å². The Balaban J connectivity index is 1.53. The van der Waals surface area contributed by atoms with Crippen LogP contribution in [0.5, 0.6) is 5.75 Å². The predicted molar refractivity (Wildman–Crippen MR) is 106 cm³/mol. The second-order valence-corrected chi connectivity index (χ2v) is 7.56. The maximum atomic E-state index is 12.7. The summed E-state index contributed by atoms with van der Waals surface area (Å²) in [5.74, 6) is -0.651. The average Bonchev–Trinajstić information content (AvgIpc) is 3.03. The topological polar surface area (TPSA) is 81.7 Å². The summed E-state index contributed by atoms with van der Waals surface area (Å²) in [4.78, 5) is 37.3. The number of carbonyl (C=O) groups is 3. The van der Waals surface area contributed by atoms with Gasteiger partial charge < -0.3 is 14.8 Å². The lowest BCUT2D eigenvalue weighted by Crippen LogP contribution is -2.27. The van der Waals surface area contributed by atoms with Crippen LogP contribution in [0.4, 0.5) is 5.69 Å². The van der Waals surface area contributed by atoms with Crippen molar-refractivity contribution in [1.82, 2.24) is 0 Å². The Bertz CT molecular complexity index is 1120. The highest BCUT2D eigenvalue weighted by Crippen LogP contribution is 2.32. The van der Waals surface area contributed by atoms with Gasteiger partial charge >= 0.3 is 5.97 Å². The number of ether oxygens (including phenoxy) is 2. The van der Waals surface area contributed by atoms with Gasteiger partial charge in [0.2, 0.25) is 5.78 Å². The van der Waals surface area contributed by atoms with Crippen molar-refractivity contribution in [2.75, 3.05) is 11.9 Å². The first-order valence-electron chi connectivity index (χ1n) is 8.74. The van der Waals surface area contributed by atoms with Crippen LogP contribution in [0, 0.1) is 6.92 Å². The summed E-state index contributed by atoms with van der Waals surface area (Å²) in [5.41, 5.74) is 1.61. The van der Waals surface area contributed by atoms with Crippen molar-refractivity contribution in [1.29, 1.82) is 0 Å². The van der Waals surface area contributed by atoms with E-state index in [4.69, 9.17) is 9.47 Å². The lowest BCUT2D eigenvalue weighted by molar-refractivity contribution is -0.118. The molecule has 1 aliphatic heterocycles. The van der Waals surface area contributed by atoms with Crippen LogP contribution in [0.25, 0.3) is 10.1 Å². The number of benzene rings is 2.